The summed E-state index contributed by atoms with van der Waals surface area (Å²) in [5, 5.41) is 11.7. The van der Waals surface area contributed by atoms with Gasteiger partial charge in [-0.1, -0.05) is 51.9 Å². The van der Waals surface area contributed by atoms with Crippen molar-refractivity contribution in [2.45, 2.75) is 46.5 Å². The predicted octanol–water partition coefficient (Wildman–Crippen LogP) is 3.43. The normalized spacial score (nSPS) is 10.9. The zero-order valence-electron chi connectivity index (χ0n) is 13.2. The number of amides is 1. The molecular weight excluding hydrogens is 282 g/mol. The molecule has 0 aromatic carbocycles. The Hall–Kier alpha value is -1.31. The lowest BCUT2D eigenvalue weighted by atomic mass is 9.87. The second kappa shape index (κ2) is 8.86. The van der Waals surface area contributed by atoms with Gasteiger partial charge in [0.25, 0.3) is 5.91 Å². The second-order valence-electron chi connectivity index (χ2n) is 5.93. The highest BCUT2D eigenvalue weighted by Gasteiger charge is 2.19. The van der Waals surface area contributed by atoms with Crippen molar-refractivity contribution in [3.8, 4) is 11.8 Å². The molecule has 0 bridgehead atoms. The van der Waals surface area contributed by atoms with Crippen LogP contribution in [0, 0.1) is 17.3 Å². The minimum Gasteiger partial charge on any atom is -0.384 e. The Labute approximate surface area is 131 Å². The topological polar surface area (TPSA) is 49.3 Å². The first-order valence-corrected chi connectivity index (χ1v) is 8.28. The van der Waals surface area contributed by atoms with Crippen LogP contribution in [-0.4, -0.2) is 24.2 Å². The number of unbranched alkanes of at least 4 members (excludes halogenated alkanes) is 2. The molecule has 116 valence electrons. The van der Waals surface area contributed by atoms with E-state index in [0.717, 1.165) is 11.3 Å². The fraction of sp³-hybridized carbons (Fsp3) is 0.588. The Kier molecular flexibility index (Phi) is 7.49. The van der Waals surface area contributed by atoms with Gasteiger partial charge in [-0.3, -0.25) is 4.79 Å². The molecule has 21 heavy (non-hydrogen) atoms. The van der Waals surface area contributed by atoms with Crippen molar-refractivity contribution >= 4 is 17.2 Å². The monoisotopic (exact) mass is 307 g/mol. The van der Waals surface area contributed by atoms with Crippen LogP contribution in [0.25, 0.3) is 0 Å². The molecule has 0 spiro atoms. The molecule has 3 nitrogen and oxygen atoms in total. The largest absolute Gasteiger partial charge is 0.384 e. The Morgan fingerprint density at radius 2 is 2.14 bits per heavy atom. The zero-order valence-corrected chi connectivity index (χ0v) is 14.0. The summed E-state index contributed by atoms with van der Waals surface area (Å²) >= 11 is 1.36. The summed E-state index contributed by atoms with van der Waals surface area (Å²) in [5.41, 5.74) is 0.127. The van der Waals surface area contributed by atoms with Gasteiger partial charge in [-0.15, -0.1) is 11.3 Å². The Morgan fingerprint density at radius 3 is 2.81 bits per heavy atom. The van der Waals surface area contributed by atoms with E-state index in [2.05, 4.69) is 37.9 Å². The van der Waals surface area contributed by atoms with E-state index in [1.54, 1.807) is 6.07 Å². The summed E-state index contributed by atoms with van der Waals surface area (Å²) in [5.74, 6) is 5.36. The summed E-state index contributed by atoms with van der Waals surface area (Å²) in [6.07, 6.45) is 4.79. The summed E-state index contributed by atoms with van der Waals surface area (Å²) in [6.45, 7) is 7.10. The predicted molar refractivity (Wildman–Crippen MR) is 88.5 cm³/mol. The van der Waals surface area contributed by atoms with Crippen LogP contribution in [0.15, 0.2) is 12.1 Å². The number of aliphatic hydroxyl groups excluding tert-OH is 1. The maximum Gasteiger partial charge on any atom is 0.261 e. The van der Waals surface area contributed by atoms with Crippen LogP contribution in [0.3, 0.4) is 0 Å². The van der Waals surface area contributed by atoms with E-state index < -0.39 is 0 Å². The number of carbonyl (C=O) groups is 1. The van der Waals surface area contributed by atoms with Gasteiger partial charge >= 0.3 is 0 Å². The average Bonchev–Trinajstić information content (AvgIpc) is 2.91. The fourth-order valence-electron chi connectivity index (χ4n) is 2.00. The molecule has 0 aliphatic carbocycles. The highest BCUT2D eigenvalue weighted by Crippen LogP contribution is 2.23. The van der Waals surface area contributed by atoms with Crippen molar-refractivity contribution in [1.82, 2.24) is 5.32 Å². The van der Waals surface area contributed by atoms with Crippen LogP contribution < -0.4 is 5.32 Å². The van der Waals surface area contributed by atoms with E-state index in [9.17, 15) is 4.79 Å². The van der Waals surface area contributed by atoms with E-state index in [1.165, 1.54) is 30.6 Å². The van der Waals surface area contributed by atoms with Gasteiger partial charge < -0.3 is 10.4 Å². The number of aliphatic hydroxyl groups is 1. The second-order valence-corrected chi connectivity index (χ2v) is 7.01. The SMILES string of the molecule is CCCCCC(C)(C)CNC(=O)c1ccc(C#CCO)s1. The molecule has 1 aromatic heterocycles. The molecule has 0 atom stereocenters. The molecule has 1 aromatic rings. The Balaban J connectivity index is 2.47. The van der Waals surface area contributed by atoms with Gasteiger partial charge in [-0.25, -0.2) is 0 Å². The summed E-state index contributed by atoms with van der Waals surface area (Å²) in [6, 6.07) is 3.60. The molecule has 4 heteroatoms. The quantitative estimate of drug-likeness (QED) is 0.599. The minimum atomic E-state index is -0.161. The van der Waals surface area contributed by atoms with Gasteiger partial charge in [-0.05, 0) is 24.0 Å². The van der Waals surface area contributed by atoms with Gasteiger partial charge in [0, 0.05) is 6.54 Å². The van der Waals surface area contributed by atoms with Crippen LogP contribution in [0.2, 0.25) is 0 Å². The van der Waals surface area contributed by atoms with E-state index in [-0.39, 0.29) is 17.9 Å². The number of thiophene rings is 1. The third-order valence-electron chi connectivity index (χ3n) is 3.31. The molecule has 0 radical (unpaired) electrons. The van der Waals surface area contributed by atoms with Crippen molar-refractivity contribution in [2.24, 2.45) is 5.41 Å². The van der Waals surface area contributed by atoms with Crippen LogP contribution in [0.1, 0.15) is 61.0 Å². The smallest absolute Gasteiger partial charge is 0.261 e. The number of rotatable bonds is 7. The number of hydrogen-bond acceptors (Lipinski definition) is 3. The average molecular weight is 307 g/mol. The van der Waals surface area contributed by atoms with Gasteiger partial charge in [0.1, 0.15) is 6.61 Å². The molecule has 0 saturated heterocycles. The minimum absolute atomic E-state index is 0.0411. The first-order valence-electron chi connectivity index (χ1n) is 7.46. The Bertz CT molecular complexity index is 508. The fourth-order valence-corrected chi connectivity index (χ4v) is 2.80. The zero-order chi connectivity index (χ0) is 15.7. The van der Waals surface area contributed by atoms with Gasteiger partial charge in [0.2, 0.25) is 0 Å². The molecule has 0 aliphatic rings. The van der Waals surface area contributed by atoms with Crippen molar-refractivity contribution in [3.63, 3.8) is 0 Å². The molecule has 1 amide bonds. The molecule has 0 saturated carbocycles. The van der Waals surface area contributed by atoms with E-state index in [0.29, 0.717) is 11.4 Å². The van der Waals surface area contributed by atoms with Crippen molar-refractivity contribution in [3.05, 3.63) is 21.9 Å². The maximum atomic E-state index is 12.1. The van der Waals surface area contributed by atoms with Gasteiger partial charge in [0.05, 0.1) is 9.75 Å². The van der Waals surface area contributed by atoms with Gasteiger partial charge in [0.15, 0.2) is 0 Å². The molecular formula is C17H25NO2S. The maximum absolute atomic E-state index is 12.1. The lowest BCUT2D eigenvalue weighted by molar-refractivity contribution is 0.0938. The lowest BCUT2D eigenvalue weighted by Crippen LogP contribution is -2.33. The molecule has 2 N–H and O–H groups in total. The first kappa shape index (κ1) is 17.7. The molecule has 0 fully saturated rings. The number of carbonyl (C=O) groups excluding carboxylic acids is 1. The summed E-state index contributed by atoms with van der Waals surface area (Å²) in [7, 11) is 0. The third kappa shape index (κ3) is 6.79. The molecule has 0 unspecified atom stereocenters. The van der Waals surface area contributed by atoms with Gasteiger partial charge in [-0.2, -0.15) is 0 Å². The van der Waals surface area contributed by atoms with Crippen LogP contribution in [-0.2, 0) is 0 Å². The Morgan fingerprint density at radius 1 is 1.38 bits per heavy atom. The van der Waals surface area contributed by atoms with Crippen molar-refractivity contribution in [2.75, 3.05) is 13.2 Å². The van der Waals surface area contributed by atoms with E-state index in [4.69, 9.17) is 5.11 Å². The standard InChI is InChI=1S/C17H25NO2S/c1-4-5-6-11-17(2,3)13-18-16(20)15-10-9-14(21-15)8-7-12-19/h9-10,19H,4-6,11-13H2,1-3H3,(H,18,20). The highest BCUT2D eigenvalue weighted by atomic mass is 32.1. The van der Waals surface area contributed by atoms with Crippen LogP contribution in [0.4, 0.5) is 0 Å². The van der Waals surface area contributed by atoms with Crippen molar-refractivity contribution < 1.29 is 9.90 Å². The van der Waals surface area contributed by atoms with Crippen LogP contribution in [0.5, 0.6) is 0 Å². The highest BCUT2D eigenvalue weighted by molar-refractivity contribution is 7.14. The third-order valence-corrected chi connectivity index (χ3v) is 4.30. The summed E-state index contributed by atoms with van der Waals surface area (Å²) in [4.78, 5) is 13.6. The molecule has 0 aliphatic heterocycles. The van der Waals surface area contributed by atoms with E-state index >= 15 is 0 Å². The molecule has 1 rings (SSSR count). The van der Waals surface area contributed by atoms with E-state index in [1.807, 2.05) is 6.07 Å². The number of hydrogen-bond donors (Lipinski definition) is 2. The summed E-state index contributed by atoms with van der Waals surface area (Å²) < 4.78 is 0. The lowest BCUT2D eigenvalue weighted by Gasteiger charge is -2.24. The van der Waals surface area contributed by atoms with Crippen LogP contribution >= 0.6 is 11.3 Å². The number of nitrogens with one attached hydrogen (secondary N) is 1. The van der Waals surface area contributed by atoms with Crippen molar-refractivity contribution in [1.29, 1.82) is 0 Å². The first-order chi connectivity index (χ1) is 9.98. The molecule has 1 heterocycles.